The first-order valence-electron chi connectivity index (χ1n) is 4.58. The van der Waals surface area contributed by atoms with Gasteiger partial charge in [-0.1, -0.05) is 22.0 Å². The molecule has 1 nitrogen and oxygen atoms in total. The van der Waals surface area contributed by atoms with Gasteiger partial charge in [0.1, 0.15) is 0 Å². The predicted molar refractivity (Wildman–Crippen MR) is 63.4 cm³/mol. The topological polar surface area (TPSA) is 15.8 Å². The molecular formula is C12H12BrN. The fourth-order valence-corrected chi connectivity index (χ4v) is 2.06. The summed E-state index contributed by atoms with van der Waals surface area (Å²) in [6.45, 7) is 4.21. The number of halogens is 1. The Labute approximate surface area is 92.3 Å². The summed E-state index contributed by atoms with van der Waals surface area (Å²) in [5, 5.41) is 0. The summed E-state index contributed by atoms with van der Waals surface area (Å²) in [7, 11) is 0. The first-order valence-corrected chi connectivity index (χ1v) is 5.37. The zero-order valence-electron chi connectivity index (χ0n) is 8.26. The zero-order valence-corrected chi connectivity index (χ0v) is 9.85. The summed E-state index contributed by atoms with van der Waals surface area (Å²) in [6, 6.07) is 8.49. The molecule has 14 heavy (non-hydrogen) atoms. The highest BCUT2D eigenvalue weighted by Crippen LogP contribution is 2.25. The number of rotatable bonds is 1. The third-order valence-electron chi connectivity index (χ3n) is 2.31. The number of aromatic amines is 1. The molecule has 2 aromatic rings. The average molecular weight is 250 g/mol. The van der Waals surface area contributed by atoms with E-state index in [2.05, 4.69) is 59.0 Å². The Morgan fingerprint density at radius 1 is 1.14 bits per heavy atom. The molecule has 1 aromatic carbocycles. The van der Waals surface area contributed by atoms with Crippen molar-refractivity contribution in [1.82, 2.24) is 4.98 Å². The van der Waals surface area contributed by atoms with Crippen molar-refractivity contribution in [2.24, 2.45) is 0 Å². The van der Waals surface area contributed by atoms with Crippen LogP contribution in [-0.4, -0.2) is 4.98 Å². The lowest BCUT2D eigenvalue weighted by Crippen LogP contribution is -1.82. The van der Waals surface area contributed by atoms with Gasteiger partial charge in [-0.2, -0.15) is 0 Å². The molecule has 72 valence electrons. The summed E-state index contributed by atoms with van der Waals surface area (Å²) >= 11 is 3.46. The highest BCUT2D eigenvalue weighted by molar-refractivity contribution is 9.10. The van der Waals surface area contributed by atoms with Crippen LogP contribution in [0, 0.1) is 13.8 Å². The van der Waals surface area contributed by atoms with Gasteiger partial charge in [0.05, 0.1) is 0 Å². The second kappa shape index (κ2) is 3.62. The molecule has 0 saturated carbocycles. The van der Waals surface area contributed by atoms with E-state index in [9.17, 15) is 0 Å². The van der Waals surface area contributed by atoms with Crippen LogP contribution >= 0.6 is 15.9 Å². The minimum absolute atomic E-state index is 1.13. The molecule has 2 heteroatoms. The second-order valence-corrected chi connectivity index (χ2v) is 4.47. The Balaban J connectivity index is 2.52. The zero-order chi connectivity index (χ0) is 10.1. The molecule has 2 rings (SSSR count). The molecular weight excluding hydrogens is 238 g/mol. The van der Waals surface area contributed by atoms with Gasteiger partial charge in [-0.05, 0) is 43.2 Å². The summed E-state index contributed by atoms with van der Waals surface area (Å²) in [6.07, 6.45) is 2.02. The number of aromatic nitrogens is 1. The molecule has 1 aromatic heterocycles. The van der Waals surface area contributed by atoms with Gasteiger partial charge in [0.2, 0.25) is 0 Å². The Morgan fingerprint density at radius 3 is 2.50 bits per heavy atom. The molecule has 0 aliphatic rings. The van der Waals surface area contributed by atoms with Gasteiger partial charge in [0, 0.05) is 21.9 Å². The van der Waals surface area contributed by atoms with Crippen molar-refractivity contribution in [3.8, 4) is 11.3 Å². The van der Waals surface area contributed by atoms with E-state index in [1.807, 2.05) is 6.20 Å². The first-order chi connectivity index (χ1) is 6.66. The van der Waals surface area contributed by atoms with Crippen molar-refractivity contribution in [3.05, 3.63) is 46.1 Å². The van der Waals surface area contributed by atoms with Gasteiger partial charge >= 0.3 is 0 Å². The maximum atomic E-state index is 3.46. The Kier molecular flexibility index (Phi) is 2.46. The average Bonchev–Trinajstić information content (AvgIpc) is 2.51. The predicted octanol–water partition coefficient (Wildman–Crippen LogP) is 4.06. The standard InChI is InChI=1S/C12H12BrN/c1-8-5-12(14-7-8)11-4-3-10(13)6-9(11)2/h3-7,14H,1-2H3. The molecule has 1 N–H and O–H groups in total. The Hall–Kier alpha value is -1.02. The van der Waals surface area contributed by atoms with Crippen molar-refractivity contribution < 1.29 is 0 Å². The third kappa shape index (κ3) is 1.75. The molecule has 0 aliphatic carbocycles. The highest BCUT2D eigenvalue weighted by atomic mass is 79.9. The van der Waals surface area contributed by atoms with Crippen LogP contribution in [0.3, 0.4) is 0 Å². The van der Waals surface area contributed by atoms with E-state index in [1.165, 1.54) is 22.4 Å². The van der Waals surface area contributed by atoms with E-state index in [-0.39, 0.29) is 0 Å². The molecule has 0 amide bonds. The summed E-state index contributed by atoms with van der Waals surface area (Å²) in [4.78, 5) is 3.27. The van der Waals surface area contributed by atoms with Crippen molar-refractivity contribution in [2.75, 3.05) is 0 Å². The van der Waals surface area contributed by atoms with Gasteiger partial charge in [-0.3, -0.25) is 0 Å². The summed E-state index contributed by atoms with van der Waals surface area (Å²) < 4.78 is 1.13. The number of nitrogens with one attached hydrogen (secondary N) is 1. The van der Waals surface area contributed by atoms with Crippen molar-refractivity contribution in [2.45, 2.75) is 13.8 Å². The molecule has 1 heterocycles. The van der Waals surface area contributed by atoms with E-state index >= 15 is 0 Å². The highest BCUT2D eigenvalue weighted by Gasteiger charge is 2.03. The monoisotopic (exact) mass is 249 g/mol. The second-order valence-electron chi connectivity index (χ2n) is 3.55. The number of H-pyrrole nitrogens is 1. The Bertz CT molecular complexity index is 457. The smallest absolute Gasteiger partial charge is 0.0459 e. The molecule has 0 aliphatic heterocycles. The number of benzene rings is 1. The largest absolute Gasteiger partial charge is 0.361 e. The number of aryl methyl sites for hydroxylation is 2. The van der Waals surface area contributed by atoms with E-state index < -0.39 is 0 Å². The third-order valence-corrected chi connectivity index (χ3v) is 2.80. The van der Waals surface area contributed by atoms with Crippen LogP contribution in [0.25, 0.3) is 11.3 Å². The minimum Gasteiger partial charge on any atom is -0.361 e. The van der Waals surface area contributed by atoms with E-state index in [1.54, 1.807) is 0 Å². The molecule has 0 unspecified atom stereocenters. The number of hydrogen-bond donors (Lipinski definition) is 1. The van der Waals surface area contributed by atoms with Crippen molar-refractivity contribution in [1.29, 1.82) is 0 Å². The lowest BCUT2D eigenvalue weighted by Gasteiger charge is -2.03. The fourth-order valence-electron chi connectivity index (χ4n) is 1.59. The van der Waals surface area contributed by atoms with Crippen LogP contribution in [0.2, 0.25) is 0 Å². The maximum absolute atomic E-state index is 3.46. The van der Waals surface area contributed by atoms with Gasteiger partial charge in [0.25, 0.3) is 0 Å². The lowest BCUT2D eigenvalue weighted by atomic mass is 10.1. The van der Waals surface area contributed by atoms with Crippen LogP contribution in [0.15, 0.2) is 34.9 Å². The number of hydrogen-bond acceptors (Lipinski definition) is 0. The first kappa shape index (κ1) is 9.53. The van der Waals surface area contributed by atoms with Gasteiger partial charge in [0.15, 0.2) is 0 Å². The van der Waals surface area contributed by atoms with E-state index in [0.717, 1.165) is 4.47 Å². The van der Waals surface area contributed by atoms with Gasteiger partial charge in [-0.15, -0.1) is 0 Å². The molecule has 0 bridgehead atoms. The van der Waals surface area contributed by atoms with Crippen LogP contribution in [0.1, 0.15) is 11.1 Å². The minimum atomic E-state index is 1.13. The van der Waals surface area contributed by atoms with Crippen molar-refractivity contribution >= 4 is 15.9 Å². The fraction of sp³-hybridized carbons (Fsp3) is 0.167. The van der Waals surface area contributed by atoms with E-state index in [4.69, 9.17) is 0 Å². The normalized spacial score (nSPS) is 10.5. The quantitative estimate of drug-likeness (QED) is 0.785. The maximum Gasteiger partial charge on any atom is 0.0459 e. The van der Waals surface area contributed by atoms with Crippen LogP contribution < -0.4 is 0 Å². The van der Waals surface area contributed by atoms with Crippen LogP contribution in [0.5, 0.6) is 0 Å². The van der Waals surface area contributed by atoms with Gasteiger partial charge in [-0.25, -0.2) is 0 Å². The lowest BCUT2D eigenvalue weighted by molar-refractivity contribution is 1.35. The van der Waals surface area contributed by atoms with Crippen LogP contribution in [0.4, 0.5) is 0 Å². The van der Waals surface area contributed by atoms with Gasteiger partial charge < -0.3 is 4.98 Å². The van der Waals surface area contributed by atoms with E-state index in [0.29, 0.717) is 0 Å². The molecule has 0 atom stereocenters. The Morgan fingerprint density at radius 2 is 1.93 bits per heavy atom. The molecule has 0 fully saturated rings. The SMILES string of the molecule is Cc1c[nH]c(-c2ccc(Br)cc2C)c1. The molecule has 0 saturated heterocycles. The molecule has 0 spiro atoms. The molecule has 0 radical (unpaired) electrons. The van der Waals surface area contributed by atoms with Crippen LogP contribution in [-0.2, 0) is 0 Å². The summed E-state index contributed by atoms with van der Waals surface area (Å²) in [5.41, 5.74) is 5.00. The van der Waals surface area contributed by atoms with Crippen molar-refractivity contribution in [3.63, 3.8) is 0 Å². The summed E-state index contributed by atoms with van der Waals surface area (Å²) in [5.74, 6) is 0.